The molecule has 0 saturated carbocycles. The maximum atomic E-state index is 13.3. The third kappa shape index (κ3) is 4.75. The summed E-state index contributed by atoms with van der Waals surface area (Å²) in [5, 5.41) is 8.01. The van der Waals surface area contributed by atoms with Crippen LogP contribution in [0.25, 0.3) is 0 Å². The summed E-state index contributed by atoms with van der Waals surface area (Å²) in [6.45, 7) is -3.15. The van der Waals surface area contributed by atoms with Gasteiger partial charge in [0.25, 0.3) is 6.36 Å². The summed E-state index contributed by atoms with van der Waals surface area (Å²) in [6.07, 6.45) is -33.2. The number of aliphatic hydroxyl groups excluding tert-OH is 1. The number of hydrogen-bond donors (Lipinski definition) is 1. The van der Waals surface area contributed by atoms with E-state index in [-0.39, 0.29) is 0 Å². The molecule has 0 aliphatic rings. The Morgan fingerprint density at radius 3 is 1.36 bits per heavy atom. The highest BCUT2D eigenvalue weighted by Gasteiger charge is 2.79. The second-order valence-corrected chi connectivity index (χ2v) is 4.07. The normalized spacial score (nSPS) is 20.8. The van der Waals surface area contributed by atoms with Crippen molar-refractivity contribution in [3.63, 3.8) is 0 Å². The molecule has 0 spiro atoms. The number of ether oxygens (including phenoxy) is 2. The number of rotatable bonds is 6. The molecule has 0 radical (unpaired) electrons. The van der Waals surface area contributed by atoms with Crippen molar-refractivity contribution in [1.29, 1.82) is 0 Å². The Labute approximate surface area is 127 Å². The number of alkyl halides is 14. The molecule has 0 aromatic carbocycles. The van der Waals surface area contributed by atoms with Crippen LogP contribution in [-0.4, -0.2) is 54.4 Å². The van der Waals surface area contributed by atoms with Crippen LogP contribution in [0, 0.1) is 0 Å². The van der Waals surface area contributed by atoms with Crippen LogP contribution in [0.2, 0.25) is 0 Å². The fourth-order valence-electron chi connectivity index (χ4n) is 0.958. The van der Waals surface area contributed by atoms with Gasteiger partial charge in [-0.2, -0.15) is 57.1 Å². The van der Waals surface area contributed by atoms with Crippen LogP contribution in [0.15, 0.2) is 0 Å². The minimum atomic E-state index is -7.34. The predicted octanol–water partition coefficient (Wildman–Crippen LogP) is 3.92. The van der Waals surface area contributed by atoms with Crippen LogP contribution in [0.5, 0.6) is 0 Å². The minimum Gasteiger partial charge on any atom is -0.390 e. The molecule has 0 amide bonds. The smallest absolute Gasteiger partial charge is 0.390 e. The number of aliphatic hydroxyl groups is 1. The molecular weight excluding hydrogens is 410 g/mol. The summed E-state index contributed by atoms with van der Waals surface area (Å²) in [5.74, 6) is -13.3. The Kier molecular flexibility index (Phi) is 6.28. The van der Waals surface area contributed by atoms with Crippen LogP contribution < -0.4 is 0 Å². The lowest BCUT2D eigenvalue weighted by Gasteiger charge is -2.38. The number of halogens is 14. The molecule has 0 fully saturated rings. The van der Waals surface area contributed by atoms with Gasteiger partial charge in [0, 0.05) is 0 Å². The van der Waals surface area contributed by atoms with E-state index in [4.69, 9.17) is 5.11 Å². The molecular formula is C8H4F14O3. The molecule has 0 saturated heterocycles. The van der Waals surface area contributed by atoms with Gasteiger partial charge in [0.1, 0.15) is 6.61 Å². The monoisotopic (exact) mass is 414 g/mol. The van der Waals surface area contributed by atoms with Crippen molar-refractivity contribution >= 4 is 0 Å². The first-order valence-corrected chi connectivity index (χ1v) is 5.23. The van der Waals surface area contributed by atoms with E-state index in [0.717, 1.165) is 0 Å². The second kappa shape index (κ2) is 6.57. The topological polar surface area (TPSA) is 38.7 Å². The zero-order valence-electron chi connectivity index (χ0n) is 10.8. The molecule has 3 nitrogen and oxygen atoms in total. The Hall–Kier alpha value is -1.10. The van der Waals surface area contributed by atoms with Crippen molar-refractivity contribution in [3.8, 4) is 0 Å². The van der Waals surface area contributed by atoms with E-state index in [2.05, 4.69) is 0 Å². The van der Waals surface area contributed by atoms with Crippen molar-refractivity contribution in [2.24, 2.45) is 0 Å². The van der Waals surface area contributed by atoms with E-state index in [9.17, 15) is 61.5 Å². The van der Waals surface area contributed by atoms with Crippen LogP contribution in [0.4, 0.5) is 61.5 Å². The Morgan fingerprint density at radius 1 is 0.720 bits per heavy atom. The zero-order valence-corrected chi connectivity index (χ0v) is 10.8. The molecule has 25 heavy (non-hydrogen) atoms. The van der Waals surface area contributed by atoms with Gasteiger partial charge in [-0.25, -0.2) is 4.39 Å². The molecule has 0 aromatic heterocycles. The lowest BCUT2D eigenvalue weighted by atomic mass is 10.2. The maximum absolute atomic E-state index is 13.3. The van der Waals surface area contributed by atoms with Gasteiger partial charge in [0.15, 0.2) is 0 Å². The summed E-state index contributed by atoms with van der Waals surface area (Å²) in [6, 6.07) is 0. The van der Waals surface area contributed by atoms with Gasteiger partial charge in [-0.05, 0) is 0 Å². The van der Waals surface area contributed by atoms with Gasteiger partial charge in [0.05, 0.1) is 0 Å². The molecule has 0 aromatic rings. The van der Waals surface area contributed by atoms with E-state index in [1.165, 1.54) is 0 Å². The first-order valence-electron chi connectivity index (χ1n) is 5.23. The zero-order chi connectivity index (χ0) is 20.7. The van der Waals surface area contributed by atoms with E-state index < -0.39 is 49.3 Å². The second-order valence-electron chi connectivity index (χ2n) is 4.07. The Morgan fingerprint density at radius 2 is 1.12 bits per heavy atom. The van der Waals surface area contributed by atoms with Gasteiger partial charge in [0.2, 0.25) is 0 Å². The average molecular weight is 414 g/mol. The lowest BCUT2D eigenvalue weighted by Crippen LogP contribution is -2.64. The predicted molar refractivity (Wildman–Crippen MR) is 44.9 cm³/mol. The largest absolute Gasteiger partial charge is 0.458 e. The summed E-state index contributed by atoms with van der Waals surface area (Å²) in [7, 11) is 0. The molecule has 0 heterocycles. The molecule has 0 rings (SSSR count). The first-order chi connectivity index (χ1) is 10.6. The first kappa shape index (κ1) is 23.9. The average Bonchev–Trinajstić information content (AvgIpc) is 2.33. The summed E-state index contributed by atoms with van der Waals surface area (Å²) in [5.41, 5.74) is 0. The van der Waals surface area contributed by atoms with Crippen molar-refractivity contribution in [2.75, 3.05) is 6.61 Å². The molecule has 0 bridgehead atoms. The fraction of sp³-hybridized carbons (Fsp3) is 1.00. The van der Waals surface area contributed by atoms with Crippen LogP contribution in [0.1, 0.15) is 0 Å². The van der Waals surface area contributed by atoms with Crippen molar-refractivity contribution < 1.29 is 76.0 Å². The minimum absolute atomic E-state index is 1.86. The SMILES string of the molecule is OCC(F)(OC(F)(F)C(F)(OC(F)C(F)(F)F)C(F)(F)F)C(F)(F)F. The van der Waals surface area contributed by atoms with Gasteiger partial charge in [-0.1, -0.05) is 0 Å². The molecule has 152 valence electrons. The van der Waals surface area contributed by atoms with Gasteiger partial charge < -0.3 is 5.11 Å². The van der Waals surface area contributed by atoms with Crippen LogP contribution in [-0.2, 0) is 9.47 Å². The van der Waals surface area contributed by atoms with Crippen LogP contribution >= 0.6 is 0 Å². The molecule has 3 atom stereocenters. The fourth-order valence-corrected chi connectivity index (χ4v) is 0.958. The highest BCUT2D eigenvalue weighted by molar-refractivity contribution is 4.91. The van der Waals surface area contributed by atoms with E-state index in [1.807, 2.05) is 9.47 Å². The van der Waals surface area contributed by atoms with Crippen molar-refractivity contribution in [1.82, 2.24) is 0 Å². The van der Waals surface area contributed by atoms with Crippen molar-refractivity contribution in [3.05, 3.63) is 0 Å². The maximum Gasteiger partial charge on any atom is 0.458 e. The van der Waals surface area contributed by atoms with Crippen LogP contribution in [0.3, 0.4) is 0 Å². The third-order valence-electron chi connectivity index (χ3n) is 2.18. The summed E-state index contributed by atoms with van der Waals surface area (Å²) in [4.78, 5) is 0. The van der Waals surface area contributed by atoms with Gasteiger partial charge >= 0.3 is 36.3 Å². The Balaban J connectivity index is 6.04. The highest BCUT2D eigenvalue weighted by atomic mass is 19.4. The van der Waals surface area contributed by atoms with E-state index in [0.29, 0.717) is 0 Å². The van der Waals surface area contributed by atoms with E-state index in [1.54, 1.807) is 0 Å². The molecule has 0 aliphatic heterocycles. The van der Waals surface area contributed by atoms with Crippen molar-refractivity contribution in [2.45, 2.75) is 42.7 Å². The third-order valence-corrected chi connectivity index (χ3v) is 2.18. The molecule has 1 N–H and O–H groups in total. The Bertz CT molecular complexity index is 454. The summed E-state index contributed by atoms with van der Waals surface area (Å²) < 4.78 is 177. The molecule has 17 heteroatoms. The van der Waals surface area contributed by atoms with Gasteiger partial charge in [-0.15, -0.1) is 0 Å². The lowest BCUT2D eigenvalue weighted by molar-refractivity contribution is -0.521. The quantitative estimate of drug-likeness (QED) is 0.670. The molecule has 3 unspecified atom stereocenters. The van der Waals surface area contributed by atoms with E-state index >= 15 is 0 Å². The summed E-state index contributed by atoms with van der Waals surface area (Å²) >= 11 is 0. The van der Waals surface area contributed by atoms with Gasteiger partial charge in [-0.3, -0.25) is 9.47 Å². The highest BCUT2D eigenvalue weighted by Crippen LogP contribution is 2.52. The molecule has 0 aliphatic carbocycles. The number of hydrogen-bond acceptors (Lipinski definition) is 3. The standard InChI is InChI=1S/C8H4F14O3/c9-2(4(11,12)13)24-5(14,7(18,19)20)8(21,22)25-3(10,1-23)6(15,16)17/h2,23H,1H2.